The Labute approximate surface area is 157 Å². The number of anilines is 1. The third kappa shape index (κ3) is 5.37. The Bertz CT molecular complexity index is 912. The number of aromatic nitrogens is 4. The molecule has 0 aliphatic carbocycles. The molecule has 27 heavy (non-hydrogen) atoms. The van der Waals surface area contributed by atoms with Crippen molar-refractivity contribution in [1.82, 2.24) is 19.9 Å². The van der Waals surface area contributed by atoms with Crippen molar-refractivity contribution in [3.8, 4) is 5.75 Å². The van der Waals surface area contributed by atoms with Gasteiger partial charge in [-0.05, 0) is 43.0 Å². The van der Waals surface area contributed by atoms with Crippen LogP contribution in [0.3, 0.4) is 0 Å². The van der Waals surface area contributed by atoms with Crippen molar-refractivity contribution in [1.29, 1.82) is 0 Å². The molecule has 0 atom stereocenters. The summed E-state index contributed by atoms with van der Waals surface area (Å²) in [4.78, 5) is 27.7. The number of nitrogens with zero attached hydrogens (tertiary/aromatic N) is 3. The van der Waals surface area contributed by atoms with Gasteiger partial charge < -0.3 is 10.1 Å². The first-order chi connectivity index (χ1) is 13.3. The number of H-pyrrole nitrogens is 1. The molecule has 0 fully saturated rings. The lowest BCUT2D eigenvalue weighted by molar-refractivity contribution is 0.406. The molecular weight excluding hydrogens is 342 g/mol. The van der Waals surface area contributed by atoms with Gasteiger partial charge in [-0.25, -0.2) is 4.98 Å². The summed E-state index contributed by atoms with van der Waals surface area (Å²) in [5.74, 6) is 1.31. The Morgan fingerprint density at radius 1 is 1.11 bits per heavy atom. The zero-order valence-corrected chi connectivity index (χ0v) is 15.3. The molecule has 140 valence electrons. The minimum atomic E-state index is -0.130. The molecule has 0 spiro atoms. The minimum absolute atomic E-state index is 0.130. The summed E-state index contributed by atoms with van der Waals surface area (Å²) < 4.78 is 5.31. The molecular formula is C20H23N5O2. The SMILES string of the molecule is COc1cccnc1CCCCNc1ncc(Cc2cccnc2)c(=O)[nH]1. The molecule has 3 heterocycles. The lowest BCUT2D eigenvalue weighted by Crippen LogP contribution is -2.17. The average molecular weight is 365 g/mol. The zero-order chi connectivity index (χ0) is 18.9. The fourth-order valence-electron chi connectivity index (χ4n) is 2.78. The average Bonchev–Trinajstić information content (AvgIpc) is 2.71. The lowest BCUT2D eigenvalue weighted by Gasteiger charge is -2.08. The summed E-state index contributed by atoms with van der Waals surface area (Å²) in [6, 6.07) is 7.58. The highest BCUT2D eigenvalue weighted by atomic mass is 16.5. The number of rotatable bonds is 9. The van der Waals surface area contributed by atoms with E-state index >= 15 is 0 Å². The van der Waals surface area contributed by atoms with Gasteiger partial charge in [0.25, 0.3) is 5.56 Å². The second-order valence-corrected chi connectivity index (χ2v) is 6.16. The van der Waals surface area contributed by atoms with E-state index in [-0.39, 0.29) is 5.56 Å². The first kappa shape index (κ1) is 18.6. The van der Waals surface area contributed by atoms with Crippen LogP contribution in [-0.2, 0) is 12.8 Å². The van der Waals surface area contributed by atoms with Crippen LogP contribution in [0.25, 0.3) is 0 Å². The predicted octanol–water partition coefficient (Wildman–Crippen LogP) is 2.59. The summed E-state index contributed by atoms with van der Waals surface area (Å²) in [7, 11) is 1.65. The molecule has 0 bridgehead atoms. The number of nitrogens with one attached hydrogen (secondary N) is 2. The number of ether oxygens (including phenoxy) is 1. The maximum atomic E-state index is 12.2. The second-order valence-electron chi connectivity index (χ2n) is 6.16. The summed E-state index contributed by atoms with van der Waals surface area (Å²) in [6.45, 7) is 0.722. The topological polar surface area (TPSA) is 92.8 Å². The van der Waals surface area contributed by atoms with Crippen molar-refractivity contribution in [2.45, 2.75) is 25.7 Å². The van der Waals surface area contributed by atoms with Crippen LogP contribution < -0.4 is 15.6 Å². The molecule has 3 aromatic rings. The van der Waals surface area contributed by atoms with Crippen LogP contribution in [0.4, 0.5) is 5.95 Å². The first-order valence-corrected chi connectivity index (χ1v) is 8.95. The molecule has 0 aromatic carbocycles. The van der Waals surface area contributed by atoms with E-state index in [9.17, 15) is 4.79 Å². The van der Waals surface area contributed by atoms with E-state index in [1.807, 2.05) is 24.3 Å². The van der Waals surface area contributed by atoms with Crippen molar-refractivity contribution in [3.05, 3.63) is 76.2 Å². The number of aromatic amines is 1. The quantitative estimate of drug-likeness (QED) is 0.566. The predicted molar refractivity (Wildman–Crippen MR) is 104 cm³/mol. The molecule has 0 aliphatic rings. The number of hydrogen-bond donors (Lipinski definition) is 2. The highest BCUT2D eigenvalue weighted by Crippen LogP contribution is 2.16. The summed E-state index contributed by atoms with van der Waals surface area (Å²) >= 11 is 0. The molecule has 0 saturated carbocycles. The van der Waals surface area contributed by atoms with E-state index in [4.69, 9.17) is 4.74 Å². The Hall–Kier alpha value is -3.22. The summed E-state index contributed by atoms with van der Waals surface area (Å²) in [6.07, 6.45) is 10.1. The Kier molecular flexibility index (Phi) is 6.51. The van der Waals surface area contributed by atoms with Gasteiger partial charge in [-0.1, -0.05) is 6.07 Å². The molecule has 0 unspecified atom stereocenters. The van der Waals surface area contributed by atoms with Crippen molar-refractivity contribution in [3.63, 3.8) is 0 Å². The number of aryl methyl sites for hydroxylation is 1. The Morgan fingerprint density at radius 3 is 2.78 bits per heavy atom. The molecule has 0 saturated heterocycles. The maximum absolute atomic E-state index is 12.2. The molecule has 7 nitrogen and oxygen atoms in total. The second kappa shape index (κ2) is 9.47. The summed E-state index contributed by atoms with van der Waals surface area (Å²) in [5.41, 5.74) is 2.44. The largest absolute Gasteiger partial charge is 0.495 e. The minimum Gasteiger partial charge on any atom is -0.495 e. The van der Waals surface area contributed by atoms with Gasteiger partial charge in [0.05, 0.1) is 12.8 Å². The van der Waals surface area contributed by atoms with Gasteiger partial charge in [0.2, 0.25) is 5.95 Å². The van der Waals surface area contributed by atoms with Crippen LogP contribution in [0.2, 0.25) is 0 Å². The zero-order valence-electron chi connectivity index (χ0n) is 15.3. The smallest absolute Gasteiger partial charge is 0.255 e. The van der Waals surface area contributed by atoms with E-state index in [0.717, 1.165) is 42.8 Å². The van der Waals surface area contributed by atoms with Crippen LogP contribution in [0.15, 0.2) is 53.8 Å². The molecule has 3 rings (SSSR count). The molecule has 0 aliphatic heterocycles. The van der Waals surface area contributed by atoms with Gasteiger partial charge in [0.15, 0.2) is 0 Å². The Balaban J connectivity index is 1.46. The number of methoxy groups -OCH3 is 1. The van der Waals surface area contributed by atoms with E-state index in [1.165, 1.54) is 0 Å². The summed E-state index contributed by atoms with van der Waals surface area (Å²) in [5, 5.41) is 3.16. The Morgan fingerprint density at radius 2 is 2.00 bits per heavy atom. The van der Waals surface area contributed by atoms with E-state index in [0.29, 0.717) is 17.9 Å². The third-order valence-electron chi connectivity index (χ3n) is 4.19. The highest BCUT2D eigenvalue weighted by Gasteiger charge is 2.05. The fraction of sp³-hybridized carbons (Fsp3) is 0.300. The molecule has 7 heteroatoms. The molecule has 0 amide bonds. The van der Waals surface area contributed by atoms with Crippen LogP contribution in [0.1, 0.15) is 29.7 Å². The highest BCUT2D eigenvalue weighted by molar-refractivity contribution is 5.28. The third-order valence-corrected chi connectivity index (χ3v) is 4.19. The van der Waals surface area contributed by atoms with Gasteiger partial charge in [0.1, 0.15) is 5.75 Å². The van der Waals surface area contributed by atoms with Gasteiger partial charge >= 0.3 is 0 Å². The standard InChI is InChI=1S/C20H23N5O2/c1-27-18-8-5-11-22-17(18)7-2-3-10-23-20-24-14-16(19(26)25-20)12-15-6-4-9-21-13-15/h4-6,8-9,11,13-14H,2-3,7,10,12H2,1H3,(H2,23,24,25,26). The van der Waals surface area contributed by atoms with Gasteiger partial charge in [-0.3, -0.25) is 19.7 Å². The molecule has 2 N–H and O–H groups in total. The number of unbranched alkanes of at least 4 members (excludes halogenated alkanes) is 1. The van der Waals surface area contributed by atoms with Crippen molar-refractivity contribution in [2.24, 2.45) is 0 Å². The maximum Gasteiger partial charge on any atom is 0.255 e. The van der Waals surface area contributed by atoms with Crippen molar-refractivity contribution < 1.29 is 4.74 Å². The van der Waals surface area contributed by atoms with E-state index in [1.54, 1.807) is 31.9 Å². The van der Waals surface area contributed by atoms with E-state index in [2.05, 4.69) is 25.3 Å². The van der Waals surface area contributed by atoms with Gasteiger partial charge in [0, 0.05) is 43.3 Å². The lowest BCUT2D eigenvalue weighted by atomic mass is 10.1. The van der Waals surface area contributed by atoms with Crippen LogP contribution in [-0.4, -0.2) is 33.6 Å². The molecule has 0 radical (unpaired) electrons. The van der Waals surface area contributed by atoms with Crippen LogP contribution in [0, 0.1) is 0 Å². The number of pyridine rings is 2. The molecule has 3 aromatic heterocycles. The van der Waals surface area contributed by atoms with Gasteiger partial charge in [-0.2, -0.15) is 0 Å². The monoisotopic (exact) mass is 365 g/mol. The van der Waals surface area contributed by atoms with Crippen molar-refractivity contribution >= 4 is 5.95 Å². The first-order valence-electron chi connectivity index (χ1n) is 8.95. The normalized spacial score (nSPS) is 10.6. The van der Waals surface area contributed by atoms with Crippen LogP contribution >= 0.6 is 0 Å². The number of hydrogen-bond acceptors (Lipinski definition) is 6. The van der Waals surface area contributed by atoms with Gasteiger partial charge in [-0.15, -0.1) is 0 Å². The van der Waals surface area contributed by atoms with Crippen molar-refractivity contribution in [2.75, 3.05) is 19.0 Å². The van der Waals surface area contributed by atoms with Crippen LogP contribution in [0.5, 0.6) is 5.75 Å². The fourth-order valence-corrected chi connectivity index (χ4v) is 2.78. The van der Waals surface area contributed by atoms with E-state index < -0.39 is 0 Å².